The van der Waals surface area contributed by atoms with Gasteiger partial charge in [-0.1, -0.05) is 33.2 Å². The van der Waals surface area contributed by atoms with E-state index in [9.17, 15) is 4.79 Å². The Balaban J connectivity index is 2.23. The van der Waals surface area contributed by atoms with Gasteiger partial charge >= 0.3 is 0 Å². The first kappa shape index (κ1) is 15.1. The number of aryl methyl sites for hydroxylation is 1. The SMILES string of the molecule is Cc1cc(Br)ccc1C(=O)Nc1cccc(/C(N)=N/O)c1. The van der Waals surface area contributed by atoms with E-state index in [-0.39, 0.29) is 11.7 Å². The second-order valence-corrected chi connectivity index (χ2v) is 5.40. The molecule has 0 radical (unpaired) electrons. The van der Waals surface area contributed by atoms with Crippen molar-refractivity contribution in [3.05, 3.63) is 63.6 Å². The number of carbonyl (C=O) groups is 1. The van der Waals surface area contributed by atoms with Crippen LogP contribution in [0, 0.1) is 6.92 Å². The molecule has 1 amide bonds. The van der Waals surface area contributed by atoms with Crippen molar-refractivity contribution in [3.8, 4) is 0 Å². The molecule has 4 N–H and O–H groups in total. The number of nitrogens with two attached hydrogens (primary N) is 1. The van der Waals surface area contributed by atoms with E-state index in [0.29, 0.717) is 16.8 Å². The average Bonchev–Trinajstić information content (AvgIpc) is 2.46. The van der Waals surface area contributed by atoms with Gasteiger partial charge < -0.3 is 16.3 Å². The van der Waals surface area contributed by atoms with Crippen LogP contribution >= 0.6 is 15.9 Å². The molecule has 21 heavy (non-hydrogen) atoms. The molecule has 0 aliphatic rings. The summed E-state index contributed by atoms with van der Waals surface area (Å²) in [5.74, 6) is -0.220. The van der Waals surface area contributed by atoms with E-state index in [1.165, 1.54) is 0 Å². The normalized spacial score (nSPS) is 11.2. The molecule has 2 aromatic carbocycles. The minimum absolute atomic E-state index is 0.00841. The zero-order valence-electron chi connectivity index (χ0n) is 11.3. The Morgan fingerprint density at radius 3 is 2.71 bits per heavy atom. The van der Waals surface area contributed by atoms with Gasteiger partial charge in [-0.2, -0.15) is 0 Å². The highest BCUT2D eigenvalue weighted by atomic mass is 79.9. The number of carbonyl (C=O) groups excluding carboxylic acids is 1. The van der Waals surface area contributed by atoms with Gasteiger partial charge in [0.05, 0.1) is 0 Å². The molecular formula is C15H14BrN3O2. The first-order valence-electron chi connectivity index (χ1n) is 6.16. The Bertz CT molecular complexity index is 714. The molecule has 0 bridgehead atoms. The number of halogens is 1. The van der Waals surface area contributed by atoms with Gasteiger partial charge in [-0.25, -0.2) is 0 Å². The smallest absolute Gasteiger partial charge is 0.255 e. The number of nitrogens with one attached hydrogen (secondary N) is 1. The van der Waals surface area contributed by atoms with E-state index in [0.717, 1.165) is 10.0 Å². The Hall–Kier alpha value is -2.34. The third-order valence-electron chi connectivity index (χ3n) is 2.96. The number of rotatable bonds is 3. The molecular weight excluding hydrogens is 334 g/mol. The largest absolute Gasteiger partial charge is 0.409 e. The molecule has 0 saturated heterocycles. The molecule has 0 spiro atoms. The van der Waals surface area contributed by atoms with Crippen LogP contribution in [-0.4, -0.2) is 17.0 Å². The molecule has 0 heterocycles. The maximum absolute atomic E-state index is 12.3. The van der Waals surface area contributed by atoms with E-state index < -0.39 is 0 Å². The van der Waals surface area contributed by atoms with Crippen molar-refractivity contribution >= 4 is 33.4 Å². The van der Waals surface area contributed by atoms with Gasteiger partial charge in [-0.15, -0.1) is 0 Å². The highest BCUT2D eigenvalue weighted by Gasteiger charge is 2.10. The van der Waals surface area contributed by atoms with Gasteiger partial charge in [-0.05, 0) is 42.8 Å². The summed E-state index contributed by atoms with van der Waals surface area (Å²) in [7, 11) is 0. The predicted octanol–water partition coefficient (Wildman–Crippen LogP) is 3.10. The van der Waals surface area contributed by atoms with Crippen molar-refractivity contribution in [3.63, 3.8) is 0 Å². The molecule has 0 saturated carbocycles. The number of anilines is 1. The van der Waals surface area contributed by atoms with Crippen LogP contribution in [0.1, 0.15) is 21.5 Å². The fourth-order valence-corrected chi connectivity index (χ4v) is 2.37. The molecule has 0 aromatic heterocycles. The zero-order valence-corrected chi connectivity index (χ0v) is 12.9. The van der Waals surface area contributed by atoms with Gasteiger partial charge in [0.1, 0.15) is 0 Å². The van der Waals surface area contributed by atoms with Crippen molar-refractivity contribution in [1.29, 1.82) is 0 Å². The quantitative estimate of drug-likeness (QED) is 0.345. The number of benzene rings is 2. The van der Waals surface area contributed by atoms with Crippen LogP contribution < -0.4 is 11.1 Å². The van der Waals surface area contributed by atoms with Crippen LogP contribution in [-0.2, 0) is 0 Å². The summed E-state index contributed by atoms with van der Waals surface area (Å²) in [6.45, 7) is 1.87. The van der Waals surface area contributed by atoms with E-state index in [1.54, 1.807) is 30.3 Å². The molecule has 0 aliphatic heterocycles. The third-order valence-corrected chi connectivity index (χ3v) is 3.45. The maximum Gasteiger partial charge on any atom is 0.255 e. The molecule has 108 valence electrons. The van der Waals surface area contributed by atoms with E-state index in [1.807, 2.05) is 19.1 Å². The van der Waals surface area contributed by atoms with Crippen molar-refractivity contribution in [2.75, 3.05) is 5.32 Å². The minimum atomic E-state index is -0.211. The van der Waals surface area contributed by atoms with Crippen LogP contribution in [0.2, 0.25) is 0 Å². The Labute approximate surface area is 130 Å². The average molecular weight is 348 g/mol. The molecule has 2 aromatic rings. The van der Waals surface area contributed by atoms with Crippen molar-refractivity contribution in [1.82, 2.24) is 0 Å². The Kier molecular flexibility index (Phi) is 4.59. The van der Waals surface area contributed by atoms with Crippen LogP contribution in [0.4, 0.5) is 5.69 Å². The fourth-order valence-electron chi connectivity index (χ4n) is 1.89. The number of hydrogen-bond donors (Lipinski definition) is 3. The lowest BCUT2D eigenvalue weighted by atomic mass is 10.1. The Morgan fingerprint density at radius 1 is 1.29 bits per heavy atom. The van der Waals surface area contributed by atoms with Crippen LogP contribution in [0.5, 0.6) is 0 Å². The molecule has 0 fully saturated rings. The van der Waals surface area contributed by atoms with Gasteiger partial charge in [-0.3, -0.25) is 4.79 Å². The summed E-state index contributed by atoms with van der Waals surface area (Å²) in [4.78, 5) is 12.3. The maximum atomic E-state index is 12.3. The lowest BCUT2D eigenvalue weighted by molar-refractivity contribution is 0.102. The molecule has 0 unspecified atom stereocenters. The van der Waals surface area contributed by atoms with Gasteiger partial charge in [0.2, 0.25) is 0 Å². The predicted molar refractivity (Wildman–Crippen MR) is 85.8 cm³/mol. The summed E-state index contributed by atoms with van der Waals surface area (Å²) < 4.78 is 0.922. The summed E-state index contributed by atoms with van der Waals surface area (Å²) in [6.07, 6.45) is 0. The van der Waals surface area contributed by atoms with Gasteiger partial charge in [0.25, 0.3) is 5.91 Å². The molecule has 0 atom stereocenters. The topological polar surface area (TPSA) is 87.7 Å². The monoisotopic (exact) mass is 347 g/mol. The first-order chi connectivity index (χ1) is 10.0. The number of nitrogens with zero attached hydrogens (tertiary/aromatic N) is 1. The van der Waals surface area contributed by atoms with Crippen molar-refractivity contribution in [2.45, 2.75) is 6.92 Å². The summed E-state index contributed by atoms with van der Waals surface area (Å²) in [6, 6.07) is 12.2. The lowest BCUT2D eigenvalue weighted by Gasteiger charge is -2.09. The zero-order chi connectivity index (χ0) is 15.4. The van der Waals surface area contributed by atoms with E-state index >= 15 is 0 Å². The summed E-state index contributed by atoms with van der Waals surface area (Å²) >= 11 is 3.36. The second kappa shape index (κ2) is 6.41. The lowest BCUT2D eigenvalue weighted by Crippen LogP contribution is -2.16. The number of amides is 1. The first-order valence-corrected chi connectivity index (χ1v) is 6.96. The standard InChI is InChI=1S/C15H14BrN3O2/c1-9-7-11(16)5-6-13(9)15(20)18-12-4-2-3-10(8-12)14(17)19-21/h2-8,21H,1H3,(H2,17,19)(H,18,20). The van der Waals surface area contributed by atoms with Crippen LogP contribution in [0.15, 0.2) is 52.1 Å². The van der Waals surface area contributed by atoms with Crippen molar-refractivity contribution in [2.24, 2.45) is 10.9 Å². The highest BCUT2D eigenvalue weighted by Crippen LogP contribution is 2.18. The van der Waals surface area contributed by atoms with E-state index in [2.05, 4.69) is 26.4 Å². The van der Waals surface area contributed by atoms with Crippen LogP contribution in [0.25, 0.3) is 0 Å². The number of amidine groups is 1. The molecule has 5 nitrogen and oxygen atoms in total. The third kappa shape index (κ3) is 3.61. The number of oxime groups is 1. The van der Waals surface area contributed by atoms with Gasteiger partial charge in [0.15, 0.2) is 5.84 Å². The van der Waals surface area contributed by atoms with Crippen molar-refractivity contribution < 1.29 is 10.0 Å². The summed E-state index contributed by atoms with van der Waals surface area (Å²) in [5, 5.41) is 14.4. The number of hydrogen-bond acceptors (Lipinski definition) is 3. The van der Waals surface area contributed by atoms with E-state index in [4.69, 9.17) is 10.9 Å². The van der Waals surface area contributed by atoms with Crippen LogP contribution in [0.3, 0.4) is 0 Å². The summed E-state index contributed by atoms with van der Waals surface area (Å²) in [5.41, 5.74) is 8.09. The Morgan fingerprint density at radius 2 is 2.05 bits per heavy atom. The molecule has 6 heteroatoms. The fraction of sp³-hybridized carbons (Fsp3) is 0.0667. The van der Waals surface area contributed by atoms with Gasteiger partial charge in [0, 0.05) is 21.3 Å². The molecule has 2 rings (SSSR count). The molecule has 0 aliphatic carbocycles. The second-order valence-electron chi connectivity index (χ2n) is 4.48. The minimum Gasteiger partial charge on any atom is -0.409 e. The highest BCUT2D eigenvalue weighted by molar-refractivity contribution is 9.10.